The minimum absolute atomic E-state index is 0.330. The largest absolute Gasteiger partial charge is 0.345 e. The van der Waals surface area contributed by atoms with Gasteiger partial charge in [0, 0.05) is 0 Å². The van der Waals surface area contributed by atoms with Gasteiger partial charge in [0.1, 0.15) is 5.82 Å². The molecule has 0 amide bonds. The fourth-order valence-electron chi connectivity index (χ4n) is 3.66. The number of rotatable bonds is 6. The Morgan fingerprint density at radius 3 is 2.96 bits per heavy atom. The number of hydrogen-bond acceptors (Lipinski definition) is 3. The molecule has 0 saturated carbocycles. The van der Waals surface area contributed by atoms with Crippen molar-refractivity contribution in [1.82, 2.24) is 25.3 Å². The summed E-state index contributed by atoms with van der Waals surface area (Å²) >= 11 is 0. The van der Waals surface area contributed by atoms with Gasteiger partial charge in [-0.1, -0.05) is 25.3 Å². The standard InChI is InChI=1S/C22H25N5/c1-3-16(21-13-25-22(27-21)19-8-5-9-24-19)10-15(2)17-6-4-7-18(11-17)20-12-23-14-26-20/h3,7,10-14,19,24H,1-2,4-6,8-9H2,(H,23,26)(H,25,27)/b16-10+. The van der Waals surface area contributed by atoms with Crippen LogP contribution in [0.1, 0.15) is 48.9 Å². The highest BCUT2D eigenvalue weighted by molar-refractivity contribution is 5.78. The van der Waals surface area contributed by atoms with Gasteiger partial charge in [-0.2, -0.15) is 0 Å². The lowest BCUT2D eigenvalue weighted by atomic mass is 9.92. The summed E-state index contributed by atoms with van der Waals surface area (Å²) in [7, 11) is 0. The third-order valence-corrected chi connectivity index (χ3v) is 5.18. The second kappa shape index (κ2) is 7.76. The van der Waals surface area contributed by atoms with Gasteiger partial charge in [0.25, 0.3) is 0 Å². The van der Waals surface area contributed by atoms with Gasteiger partial charge < -0.3 is 15.3 Å². The van der Waals surface area contributed by atoms with E-state index >= 15 is 0 Å². The first-order chi connectivity index (χ1) is 13.2. The van der Waals surface area contributed by atoms with Gasteiger partial charge in [0.05, 0.1) is 36.2 Å². The number of nitrogens with zero attached hydrogens (tertiary/aromatic N) is 2. The van der Waals surface area contributed by atoms with Crippen molar-refractivity contribution in [3.63, 3.8) is 0 Å². The first-order valence-electron chi connectivity index (χ1n) is 9.46. The number of hydrogen-bond donors (Lipinski definition) is 3. The fraction of sp³-hybridized carbons (Fsp3) is 0.273. The van der Waals surface area contributed by atoms with Gasteiger partial charge >= 0.3 is 0 Å². The zero-order valence-electron chi connectivity index (χ0n) is 15.5. The predicted molar refractivity (Wildman–Crippen MR) is 110 cm³/mol. The molecule has 0 radical (unpaired) electrons. The fourth-order valence-corrected chi connectivity index (χ4v) is 3.66. The predicted octanol–water partition coefficient (Wildman–Crippen LogP) is 4.49. The van der Waals surface area contributed by atoms with Crippen molar-refractivity contribution < 1.29 is 0 Å². The average Bonchev–Trinajstić information content (AvgIpc) is 3.47. The quantitative estimate of drug-likeness (QED) is 0.666. The summed E-state index contributed by atoms with van der Waals surface area (Å²) in [5.74, 6) is 1.00. The molecule has 1 unspecified atom stereocenters. The summed E-state index contributed by atoms with van der Waals surface area (Å²) in [4.78, 5) is 15.3. The van der Waals surface area contributed by atoms with E-state index in [9.17, 15) is 0 Å². The molecule has 4 rings (SSSR count). The summed E-state index contributed by atoms with van der Waals surface area (Å²) in [6.07, 6.45) is 18.1. The van der Waals surface area contributed by atoms with Gasteiger partial charge in [-0.15, -0.1) is 0 Å². The highest BCUT2D eigenvalue weighted by Crippen LogP contribution is 2.30. The van der Waals surface area contributed by atoms with E-state index in [2.05, 4.69) is 56.6 Å². The minimum atomic E-state index is 0.330. The summed E-state index contributed by atoms with van der Waals surface area (Å²) < 4.78 is 0. The molecule has 0 aromatic carbocycles. The number of aromatic nitrogens is 4. The van der Waals surface area contributed by atoms with Crippen molar-refractivity contribution in [1.29, 1.82) is 0 Å². The molecule has 2 aromatic rings. The van der Waals surface area contributed by atoms with E-state index in [1.54, 1.807) is 6.33 Å². The van der Waals surface area contributed by atoms with E-state index in [1.807, 2.05) is 18.5 Å². The minimum Gasteiger partial charge on any atom is -0.345 e. The van der Waals surface area contributed by atoms with Crippen molar-refractivity contribution in [3.05, 3.63) is 84.5 Å². The van der Waals surface area contributed by atoms with Crippen LogP contribution in [0.3, 0.4) is 0 Å². The molecule has 5 nitrogen and oxygen atoms in total. The molecule has 1 fully saturated rings. The summed E-state index contributed by atoms with van der Waals surface area (Å²) in [6, 6.07) is 0.330. The van der Waals surface area contributed by atoms with Crippen LogP contribution in [-0.2, 0) is 0 Å². The van der Waals surface area contributed by atoms with Gasteiger partial charge in [-0.25, -0.2) is 9.97 Å². The SMILES string of the molecule is C=C/C(=C\C(=C)C1=CC(c2cnc[nH]2)=CCC1)c1cnc(C2CCCN2)[nH]1. The lowest BCUT2D eigenvalue weighted by Gasteiger charge is -2.14. The number of allylic oxidation sites excluding steroid dienone is 8. The van der Waals surface area contributed by atoms with Crippen LogP contribution in [0.4, 0.5) is 0 Å². The van der Waals surface area contributed by atoms with Crippen molar-refractivity contribution >= 4 is 11.1 Å². The van der Waals surface area contributed by atoms with Crippen molar-refractivity contribution in [2.24, 2.45) is 0 Å². The second-order valence-electron chi connectivity index (χ2n) is 6.99. The molecule has 2 aliphatic rings. The molecule has 1 aliphatic carbocycles. The lowest BCUT2D eigenvalue weighted by Crippen LogP contribution is -2.14. The van der Waals surface area contributed by atoms with Gasteiger partial charge in [0.15, 0.2) is 0 Å². The van der Waals surface area contributed by atoms with E-state index in [1.165, 1.54) is 17.6 Å². The number of H-pyrrole nitrogens is 2. The maximum Gasteiger partial charge on any atom is 0.123 e. The Hall–Kier alpha value is -2.92. The first kappa shape index (κ1) is 17.5. The topological polar surface area (TPSA) is 69.4 Å². The maximum absolute atomic E-state index is 4.56. The molecule has 3 heterocycles. The van der Waals surface area contributed by atoms with Crippen LogP contribution in [0.5, 0.6) is 0 Å². The Balaban J connectivity index is 1.55. The number of aromatic amines is 2. The molecule has 1 saturated heterocycles. The molecule has 27 heavy (non-hydrogen) atoms. The molecular formula is C22H25N5. The van der Waals surface area contributed by atoms with Crippen LogP contribution < -0.4 is 5.32 Å². The Kier molecular flexibility index (Phi) is 5.03. The van der Waals surface area contributed by atoms with E-state index < -0.39 is 0 Å². The number of nitrogens with one attached hydrogen (secondary N) is 3. The maximum atomic E-state index is 4.56. The monoisotopic (exact) mass is 359 g/mol. The van der Waals surface area contributed by atoms with E-state index in [-0.39, 0.29) is 0 Å². The van der Waals surface area contributed by atoms with Crippen LogP contribution >= 0.6 is 0 Å². The normalized spacial score (nSPS) is 20.3. The molecule has 2 aromatic heterocycles. The lowest BCUT2D eigenvalue weighted by molar-refractivity contribution is 0.612. The van der Waals surface area contributed by atoms with Crippen LogP contribution in [0.25, 0.3) is 11.1 Å². The van der Waals surface area contributed by atoms with Gasteiger partial charge in [-0.05, 0) is 66.7 Å². The first-order valence-corrected chi connectivity index (χ1v) is 9.46. The van der Waals surface area contributed by atoms with Crippen LogP contribution in [-0.4, -0.2) is 26.5 Å². The summed E-state index contributed by atoms with van der Waals surface area (Å²) in [5, 5.41) is 3.47. The third kappa shape index (κ3) is 3.78. The van der Waals surface area contributed by atoms with E-state index in [4.69, 9.17) is 0 Å². The zero-order valence-corrected chi connectivity index (χ0v) is 15.5. The Morgan fingerprint density at radius 2 is 2.22 bits per heavy atom. The van der Waals surface area contributed by atoms with Gasteiger partial charge in [-0.3, -0.25) is 0 Å². The Morgan fingerprint density at radius 1 is 1.30 bits per heavy atom. The molecule has 1 aliphatic heterocycles. The molecule has 0 spiro atoms. The Labute approximate surface area is 159 Å². The molecule has 0 bridgehead atoms. The molecule has 1 atom stereocenters. The molecule has 3 N–H and O–H groups in total. The van der Waals surface area contributed by atoms with Crippen LogP contribution in [0.15, 0.2) is 67.3 Å². The highest BCUT2D eigenvalue weighted by Gasteiger charge is 2.19. The van der Waals surface area contributed by atoms with E-state index in [0.717, 1.165) is 54.2 Å². The molecular weight excluding hydrogens is 334 g/mol. The molecule has 5 heteroatoms. The van der Waals surface area contributed by atoms with Crippen LogP contribution in [0, 0.1) is 0 Å². The summed E-state index contributed by atoms with van der Waals surface area (Å²) in [6.45, 7) is 9.34. The number of imidazole rings is 2. The third-order valence-electron chi connectivity index (χ3n) is 5.18. The molecule has 138 valence electrons. The summed E-state index contributed by atoms with van der Waals surface area (Å²) in [5.41, 5.74) is 6.43. The highest BCUT2D eigenvalue weighted by atomic mass is 15.0. The van der Waals surface area contributed by atoms with Crippen molar-refractivity contribution in [3.8, 4) is 0 Å². The smallest absolute Gasteiger partial charge is 0.123 e. The zero-order chi connectivity index (χ0) is 18.6. The van der Waals surface area contributed by atoms with Gasteiger partial charge in [0.2, 0.25) is 0 Å². The van der Waals surface area contributed by atoms with Crippen LogP contribution in [0.2, 0.25) is 0 Å². The average molecular weight is 359 g/mol. The van der Waals surface area contributed by atoms with Crippen molar-refractivity contribution in [2.75, 3.05) is 6.54 Å². The second-order valence-corrected chi connectivity index (χ2v) is 6.99. The Bertz CT molecular complexity index is 918. The van der Waals surface area contributed by atoms with Crippen molar-refractivity contribution in [2.45, 2.75) is 31.7 Å². The van der Waals surface area contributed by atoms with E-state index in [0.29, 0.717) is 6.04 Å².